The van der Waals surface area contributed by atoms with E-state index in [1.54, 1.807) is 49.6 Å². The van der Waals surface area contributed by atoms with Crippen LogP contribution >= 0.6 is 0 Å². The van der Waals surface area contributed by atoms with Crippen molar-refractivity contribution in [2.24, 2.45) is 0 Å². The summed E-state index contributed by atoms with van der Waals surface area (Å²) in [6.07, 6.45) is -2.94. The number of rotatable bonds is 6. The van der Waals surface area contributed by atoms with E-state index in [0.717, 1.165) is 12.1 Å². The Morgan fingerprint density at radius 2 is 1.68 bits per heavy atom. The fourth-order valence-electron chi connectivity index (χ4n) is 3.33. The highest BCUT2D eigenvalue weighted by atomic mass is 19.4. The summed E-state index contributed by atoms with van der Waals surface area (Å²) in [5.74, 6) is 1.25. The van der Waals surface area contributed by atoms with E-state index in [2.05, 4.69) is 10.3 Å². The van der Waals surface area contributed by atoms with Gasteiger partial charge < -0.3 is 19.2 Å². The Bertz CT molecular complexity index is 1310. The molecule has 0 bridgehead atoms. The second-order valence-corrected chi connectivity index (χ2v) is 7.17. The predicted octanol–water partition coefficient (Wildman–Crippen LogP) is 6.30. The van der Waals surface area contributed by atoms with Gasteiger partial charge in [0.1, 0.15) is 11.5 Å². The average Bonchev–Trinajstić information content (AvgIpc) is 3.33. The summed E-state index contributed by atoms with van der Waals surface area (Å²) in [4.78, 5) is 17.2. The minimum absolute atomic E-state index is 0.200. The Morgan fingerprint density at radius 3 is 2.35 bits per heavy atom. The van der Waals surface area contributed by atoms with Gasteiger partial charge in [0.15, 0.2) is 5.76 Å². The number of carbonyl (C=O) groups excluding carboxylic acids is 1. The molecule has 0 saturated carbocycles. The molecule has 0 aliphatic rings. The van der Waals surface area contributed by atoms with Gasteiger partial charge >= 0.3 is 6.18 Å². The summed E-state index contributed by atoms with van der Waals surface area (Å²) < 4.78 is 54.9. The highest BCUT2D eigenvalue weighted by Crippen LogP contribution is 2.36. The van der Waals surface area contributed by atoms with Gasteiger partial charge in [-0.05, 0) is 48.5 Å². The molecule has 1 N–H and O–H groups in total. The number of amides is 1. The Morgan fingerprint density at radius 1 is 0.941 bits per heavy atom. The minimum Gasteiger partial charge on any atom is -0.497 e. The quantitative estimate of drug-likeness (QED) is 0.360. The number of nitrogens with one attached hydrogen (secondary N) is 1. The van der Waals surface area contributed by atoms with E-state index >= 15 is 0 Å². The number of anilines is 1. The number of nitrogens with zero attached hydrogens (tertiary/aromatic N) is 1. The third-order valence-corrected chi connectivity index (χ3v) is 5.05. The average molecular weight is 468 g/mol. The molecule has 3 aromatic carbocycles. The Hall–Kier alpha value is -4.27. The number of ether oxygens (including phenoxy) is 2. The van der Waals surface area contributed by atoms with Crippen LogP contribution in [0.2, 0.25) is 0 Å². The van der Waals surface area contributed by atoms with E-state index < -0.39 is 17.6 Å². The van der Waals surface area contributed by atoms with E-state index in [1.807, 2.05) is 0 Å². The number of halogens is 3. The summed E-state index contributed by atoms with van der Waals surface area (Å²) in [6, 6.07) is 16.1. The molecular formula is C25H19F3N2O4. The Kier molecular flexibility index (Phi) is 6.27. The SMILES string of the molecule is COc1ccc(-c2cnc(-c3ccccc3C(=O)Nc3ccc(C(F)(F)F)cc3)o2)c(OC)c1. The monoisotopic (exact) mass is 468 g/mol. The number of methoxy groups -OCH3 is 2. The van der Waals surface area contributed by atoms with Gasteiger partial charge in [-0.15, -0.1) is 0 Å². The van der Waals surface area contributed by atoms with Crippen molar-refractivity contribution in [3.8, 4) is 34.3 Å². The molecule has 0 atom stereocenters. The van der Waals surface area contributed by atoms with Crippen molar-refractivity contribution >= 4 is 11.6 Å². The predicted molar refractivity (Wildman–Crippen MR) is 120 cm³/mol. The molecule has 4 rings (SSSR count). The lowest BCUT2D eigenvalue weighted by molar-refractivity contribution is -0.137. The second-order valence-electron chi connectivity index (χ2n) is 7.17. The molecule has 0 unspecified atom stereocenters. The summed E-state index contributed by atoms with van der Waals surface area (Å²) in [5, 5.41) is 2.61. The molecule has 34 heavy (non-hydrogen) atoms. The van der Waals surface area contributed by atoms with Crippen LogP contribution in [0.3, 0.4) is 0 Å². The maximum Gasteiger partial charge on any atom is 0.416 e. The molecule has 0 spiro atoms. The van der Waals surface area contributed by atoms with Gasteiger partial charge in [-0.1, -0.05) is 12.1 Å². The molecule has 0 saturated heterocycles. The van der Waals surface area contributed by atoms with E-state index in [4.69, 9.17) is 13.9 Å². The van der Waals surface area contributed by atoms with Gasteiger partial charge in [0.25, 0.3) is 5.91 Å². The topological polar surface area (TPSA) is 73.6 Å². The van der Waals surface area contributed by atoms with Crippen LogP contribution in [0.1, 0.15) is 15.9 Å². The van der Waals surface area contributed by atoms with Crippen LogP contribution in [0.4, 0.5) is 18.9 Å². The second kappa shape index (κ2) is 9.30. The van der Waals surface area contributed by atoms with Crippen molar-refractivity contribution in [3.63, 3.8) is 0 Å². The lowest BCUT2D eigenvalue weighted by atomic mass is 10.1. The van der Waals surface area contributed by atoms with Crippen LogP contribution in [0, 0.1) is 0 Å². The van der Waals surface area contributed by atoms with Crippen LogP contribution in [-0.4, -0.2) is 25.1 Å². The number of benzene rings is 3. The van der Waals surface area contributed by atoms with Gasteiger partial charge in [-0.25, -0.2) is 4.98 Å². The molecule has 0 radical (unpaired) electrons. The number of hydrogen-bond donors (Lipinski definition) is 1. The van der Waals surface area contributed by atoms with Crippen LogP contribution in [0.5, 0.6) is 11.5 Å². The number of aromatic nitrogens is 1. The molecule has 4 aromatic rings. The number of carbonyl (C=O) groups is 1. The standard InChI is InChI=1S/C25H19F3N2O4/c1-32-17-11-12-20(21(13-17)33-2)22-14-29-24(34-22)19-6-4-3-5-18(19)23(31)30-16-9-7-15(8-10-16)25(26,27)28/h3-14H,1-2H3,(H,30,31). The van der Waals surface area contributed by atoms with E-state index in [-0.39, 0.29) is 17.1 Å². The Labute approximate surface area is 193 Å². The first-order valence-corrected chi connectivity index (χ1v) is 10.1. The first-order chi connectivity index (χ1) is 16.3. The molecule has 0 fully saturated rings. The van der Waals surface area contributed by atoms with Crippen molar-refractivity contribution in [3.05, 3.63) is 84.1 Å². The summed E-state index contributed by atoms with van der Waals surface area (Å²) in [7, 11) is 3.07. The largest absolute Gasteiger partial charge is 0.497 e. The van der Waals surface area contributed by atoms with Gasteiger partial charge in [0.05, 0.1) is 37.1 Å². The first-order valence-electron chi connectivity index (χ1n) is 10.1. The van der Waals surface area contributed by atoms with E-state index in [1.165, 1.54) is 25.4 Å². The summed E-state index contributed by atoms with van der Waals surface area (Å²) in [6.45, 7) is 0. The number of hydrogen-bond acceptors (Lipinski definition) is 5. The van der Waals surface area contributed by atoms with Crippen molar-refractivity contribution in [1.82, 2.24) is 4.98 Å². The van der Waals surface area contributed by atoms with Crippen molar-refractivity contribution < 1.29 is 31.9 Å². The molecule has 1 amide bonds. The van der Waals surface area contributed by atoms with Gasteiger partial charge in [0, 0.05) is 17.3 Å². The van der Waals surface area contributed by atoms with Crippen LogP contribution in [-0.2, 0) is 6.18 Å². The zero-order chi connectivity index (χ0) is 24.3. The van der Waals surface area contributed by atoms with E-state index in [0.29, 0.717) is 28.4 Å². The molecule has 9 heteroatoms. The van der Waals surface area contributed by atoms with Gasteiger partial charge in [0.2, 0.25) is 5.89 Å². The highest BCUT2D eigenvalue weighted by Gasteiger charge is 2.30. The maximum absolute atomic E-state index is 12.9. The lowest BCUT2D eigenvalue weighted by Crippen LogP contribution is -2.13. The number of alkyl halides is 3. The molecule has 1 heterocycles. The molecule has 6 nitrogen and oxygen atoms in total. The summed E-state index contributed by atoms with van der Waals surface area (Å²) >= 11 is 0. The van der Waals surface area contributed by atoms with Crippen LogP contribution < -0.4 is 14.8 Å². The molecule has 174 valence electrons. The third-order valence-electron chi connectivity index (χ3n) is 5.05. The zero-order valence-electron chi connectivity index (χ0n) is 18.1. The molecule has 1 aromatic heterocycles. The van der Waals surface area contributed by atoms with Crippen molar-refractivity contribution in [1.29, 1.82) is 0 Å². The van der Waals surface area contributed by atoms with Crippen LogP contribution in [0.15, 0.2) is 77.3 Å². The first kappa shape index (κ1) is 22.9. The Balaban J connectivity index is 1.61. The molecular weight excluding hydrogens is 449 g/mol. The fourth-order valence-corrected chi connectivity index (χ4v) is 3.33. The zero-order valence-corrected chi connectivity index (χ0v) is 18.1. The molecule has 0 aliphatic heterocycles. The van der Waals surface area contributed by atoms with Gasteiger partial charge in [-0.2, -0.15) is 13.2 Å². The van der Waals surface area contributed by atoms with Crippen molar-refractivity contribution in [2.45, 2.75) is 6.18 Å². The third kappa shape index (κ3) is 4.73. The maximum atomic E-state index is 12.9. The van der Waals surface area contributed by atoms with Crippen LogP contribution in [0.25, 0.3) is 22.8 Å². The van der Waals surface area contributed by atoms with Crippen molar-refractivity contribution in [2.75, 3.05) is 19.5 Å². The normalized spacial score (nSPS) is 11.2. The van der Waals surface area contributed by atoms with Gasteiger partial charge in [-0.3, -0.25) is 4.79 Å². The summed E-state index contributed by atoms with van der Waals surface area (Å²) in [5.41, 5.74) is 0.743. The smallest absolute Gasteiger partial charge is 0.416 e. The molecule has 0 aliphatic carbocycles. The number of oxazole rings is 1. The highest BCUT2D eigenvalue weighted by molar-refractivity contribution is 6.08. The lowest BCUT2D eigenvalue weighted by Gasteiger charge is -2.10. The van der Waals surface area contributed by atoms with E-state index in [9.17, 15) is 18.0 Å². The fraction of sp³-hybridized carbons (Fsp3) is 0.120. The minimum atomic E-state index is -4.45.